The van der Waals surface area contributed by atoms with Gasteiger partial charge >= 0.3 is 0 Å². The molecule has 1 unspecified atom stereocenters. The number of amides is 2. The second-order valence-electron chi connectivity index (χ2n) is 8.12. The minimum Gasteiger partial charge on any atom is -0.588 e. The van der Waals surface area contributed by atoms with Gasteiger partial charge in [0.05, 0.1) is 21.8 Å². The summed E-state index contributed by atoms with van der Waals surface area (Å²) in [5.41, 5.74) is 1.53. The topological polar surface area (TPSA) is 85.4 Å². The summed E-state index contributed by atoms with van der Waals surface area (Å²) in [5.74, 6) is -0.925. The van der Waals surface area contributed by atoms with Crippen LogP contribution in [0.2, 0.25) is 5.02 Å². The molecule has 31 heavy (non-hydrogen) atoms. The summed E-state index contributed by atoms with van der Waals surface area (Å²) in [7, 11) is 0. The van der Waals surface area contributed by atoms with E-state index in [0.29, 0.717) is 4.90 Å². The standard InChI is InChI=1S/C23H20ClN3O3S/c1-23(2,3)14-7-9-15(10-8-14)31(30)26-17-12-11-16(24)19-20(17)22(29)27(21(19)28)18-6-4-5-13-25-18/h4-13,26H,1-3H3. The molecule has 1 aliphatic rings. The Labute approximate surface area is 188 Å². The van der Waals surface area contributed by atoms with E-state index in [1.54, 1.807) is 36.4 Å². The number of nitrogens with zero attached hydrogens (tertiary/aromatic N) is 2. The zero-order valence-corrected chi connectivity index (χ0v) is 18.8. The van der Waals surface area contributed by atoms with Gasteiger partial charge in [-0.3, -0.25) is 9.59 Å². The number of nitrogens with one attached hydrogen (secondary N) is 1. The van der Waals surface area contributed by atoms with Crippen LogP contribution >= 0.6 is 11.6 Å². The van der Waals surface area contributed by atoms with Crippen molar-refractivity contribution in [3.8, 4) is 0 Å². The Morgan fingerprint density at radius 3 is 2.26 bits per heavy atom. The first-order valence-corrected chi connectivity index (χ1v) is 11.1. The Morgan fingerprint density at radius 2 is 1.65 bits per heavy atom. The summed E-state index contributed by atoms with van der Waals surface area (Å²) in [4.78, 5) is 31.7. The number of aromatic nitrogens is 1. The van der Waals surface area contributed by atoms with Gasteiger partial charge in [-0.05, 0) is 47.4 Å². The SMILES string of the molecule is CC(C)(C)c1ccc([S+]([O-])Nc2ccc(Cl)c3c2C(=O)N(c2ccccn2)C3=O)cc1. The number of halogens is 1. The highest BCUT2D eigenvalue weighted by Crippen LogP contribution is 2.37. The normalized spacial score (nSPS) is 14.5. The average molecular weight is 454 g/mol. The molecule has 1 aromatic heterocycles. The fourth-order valence-electron chi connectivity index (χ4n) is 3.34. The van der Waals surface area contributed by atoms with Crippen molar-refractivity contribution in [1.29, 1.82) is 0 Å². The third-order valence-electron chi connectivity index (χ3n) is 5.00. The highest BCUT2D eigenvalue weighted by atomic mass is 35.5. The van der Waals surface area contributed by atoms with Crippen LogP contribution in [0.5, 0.6) is 0 Å². The predicted molar refractivity (Wildman–Crippen MR) is 122 cm³/mol. The highest BCUT2D eigenvalue weighted by molar-refractivity contribution is 7.92. The summed E-state index contributed by atoms with van der Waals surface area (Å²) in [6.07, 6.45) is 1.50. The van der Waals surface area contributed by atoms with Gasteiger partial charge in [0.2, 0.25) is 0 Å². The van der Waals surface area contributed by atoms with E-state index < -0.39 is 23.2 Å². The van der Waals surface area contributed by atoms with Crippen molar-refractivity contribution in [2.75, 3.05) is 9.62 Å². The smallest absolute Gasteiger partial charge is 0.269 e. The van der Waals surface area contributed by atoms with E-state index in [2.05, 4.69) is 30.5 Å². The average Bonchev–Trinajstić information content (AvgIpc) is 3.01. The molecule has 0 saturated heterocycles. The van der Waals surface area contributed by atoms with E-state index in [1.807, 2.05) is 12.1 Å². The minimum atomic E-state index is -1.64. The molecular formula is C23H20ClN3O3S. The number of anilines is 2. The molecule has 0 fully saturated rings. The number of rotatable bonds is 4. The maximum absolute atomic E-state index is 13.1. The number of fused-ring (bicyclic) bond motifs is 1. The number of hydrogen-bond donors (Lipinski definition) is 1. The van der Waals surface area contributed by atoms with Gasteiger partial charge in [0.15, 0.2) is 4.90 Å². The van der Waals surface area contributed by atoms with Crippen molar-refractivity contribution in [2.45, 2.75) is 31.1 Å². The van der Waals surface area contributed by atoms with E-state index in [-0.39, 0.29) is 33.1 Å². The number of carbonyl (C=O) groups excluding carboxylic acids is 2. The van der Waals surface area contributed by atoms with Crippen LogP contribution in [0.3, 0.4) is 0 Å². The molecular weight excluding hydrogens is 434 g/mol. The predicted octanol–water partition coefficient (Wildman–Crippen LogP) is 4.97. The van der Waals surface area contributed by atoms with Crippen molar-refractivity contribution >= 4 is 46.3 Å². The van der Waals surface area contributed by atoms with E-state index in [0.717, 1.165) is 10.5 Å². The lowest BCUT2D eigenvalue weighted by Gasteiger charge is -2.19. The lowest BCUT2D eigenvalue weighted by molar-refractivity contribution is 0.0925. The summed E-state index contributed by atoms with van der Waals surface area (Å²) >= 11 is 4.60. The molecule has 6 nitrogen and oxygen atoms in total. The van der Waals surface area contributed by atoms with Gasteiger partial charge in [-0.15, -0.1) is 0 Å². The van der Waals surface area contributed by atoms with E-state index >= 15 is 0 Å². The number of carbonyl (C=O) groups is 2. The number of imide groups is 1. The number of benzene rings is 2. The minimum absolute atomic E-state index is 0.0217. The van der Waals surface area contributed by atoms with Crippen LogP contribution in [0.1, 0.15) is 47.1 Å². The maximum atomic E-state index is 13.1. The number of hydrogen-bond acceptors (Lipinski definition) is 5. The first-order valence-electron chi connectivity index (χ1n) is 9.60. The van der Waals surface area contributed by atoms with Gasteiger partial charge in [0, 0.05) is 6.20 Å². The second-order valence-corrected chi connectivity index (χ2v) is 9.74. The van der Waals surface area contributed by atoms with Crippen LogP contribution < -0.4 is 9.62 Å². The summed E-state index contributed by atoms with van der Waals surface area (Å²) in [5, 5.41) is 0.151. The highest BCUT2D eigenvalue weighted by Gasteiger charge is 2.41. The molecule has 3 aromatic rings. The molecule has 0 aliphatic carbocycles. The second kappa shape index (κ2) is 8.00. The summed E-state index contributed by atoms with van der Waals surface area (Å²) in [6.45, 7) is 6.30. The molecule has 1 N–H and O–H groups in total. The molecule has 2 amide bonds. The van der Waals surface area contributed by atoms with Gasteiger partial charge in [0.25, 0.3) is 11.8 Å². The lowest BCUT2D eigenvalue weighted by Crippen LogP contribution is -2.30. The number of pyridine rings is 1. The van der Waals surface area contributed by atoms with Gasteiger partial charge < -0.3 is 4.55 Å². The lowest BCUT2D eigenvalue weighted by atomic mass is 9.87. The zero-order chi connectivity index (χ0) is 22.3. The quantitative estimate of drug-likeness (QED) is 0.445. The monoisotopic (exact) mass is 453 g/mol. The molecule has 1 atom stereocenters. The summed E-state index contributed by atoms with van der Waals surface area (Å²) < 4.78 is 15.8. The Hall–Kier alpha value is -2.87. The Kier molecular flexibility index (Phi) is 5.51. The fraction of sp³-hybridized carbons (Fsp3) is 0.174. The van der Waals surface area contributed by atoms with Crippen LogP contribution in [-0.2, 0) is 16.8 Å². The van der Waals surface area contributed by atoms with Crippen LogP contribution in [0.15, 0.2) is 65.7 Å². The first kappa shape index (κ1) is 21.4. The molecule has 0 radical (unpaired) electrons. The van der Waals surface area contributed by atoms with Crippen molar-refractivity contribution in [2.24, 2.45) is 0 Å². The maximum Gasteiger partial charge on any atom is 0.269 e. The molecule has 0 bridgehead atoms. The van der Waals surface area contributed by atoms with Crippen LogP contribution in [0, 0.1) is 0 Å². The molecule has 0 saturated carbocycles. The van der Waals surface area contributed by atoms with E-state index in [9.17, 15) is 14.1 Å². The molecule has 4 rings (SSSR count). The Morgan fingerprint density at radius 1 is 0.968 bits per heavy atom. The van der Waals surface area contributed by atoms with Crippen molar-refractivity contribution in [1.82, 2.24) is 4.98 Å². The van der Waals surface area contributed by atoms with Gasteiger partial charge in [-0.1, -0.05) is 50.6 Å². The van der Waals surface area contributed by atoms with Crippen molar-refractivity contribution < 1.29 is 14.1 Å². The Balaban J connectivity index is 1.67. The molecule has 1 aliphatic heterocycles. The molecule has 2 aromatic carbocycles. The first-order chi connectivity index (χ1) is 14.7. The third-order valence-corrected chi connectivity index (χ3v) is 6.42. The fourth-order valence-corrected chi connectivity index (χ4v) is 4.45. The van der Waals surface area contributed by atoms with Crippen LogP contribution in [0.4, 0.5) is 11.5 Å². The van der Waals surface area contributed by atoms with Gasteiger partial charge in [-0.25, -0.2) is 14.6 Å². The van der Waals surface area contributed by atoms with E-state index in [1.165, 1.54) is 12.3 Å². The summed E-state index contributed by atoms with van der Waals surface area (Å²) in [6, 6.07) is 15.4. The molecule has 0 spiro atoms. The van der Waals surface area contributed by atoms with Crippen LogP contribution in [-0.4, -0.2) is 21.4 Å². The Bertz CT molecular complexity index is 1160. The largest absolute Gasteiger partial charge is 0.588 e. The van der Waals surface area contributed by atoms with Crippen molar-refractivity contribution in [3.05, 3.63) is 82.5 Å². The molecule has 2 heterocycles. The zero-order valence-electron chi connectivity index (χ0n) is 17.2. The van der Waals surface area contributed by atoms with Crippen molar-refractivity contribution in [3.63, 3.8) is 0 Å². The van der Waals surface area contributed by atoms with Gasteiger partial charge in [0.1, 0.15) is 17.2 Å². The van der Waals surface area contributed by atoms with Crippen LogP contribution in [0.25, 0.3) is 0 Å². The van der Waals surface area contributed by atoms with E-state index in [4.69, 9.17) is 11.6 Å². The van der Waals surface area contributed by atoms with Gasteiger partial charge in [-0.2, -0.15) is 0 Å². The third kappa shape index (κ3) is 3.92. The molecule has 158 valence electrons. The molecule has 8 heteroatoms.